The number of hydrogen-bond donors (Lipinski definition) is 1. The lowest BCUT2D eigenvalue weighted by molar-refractivity contribution is 0.0584. The first kappa shape index (κ1) is 42.4. The molecule has 17 heteroatoms. The summed E-state index contributed by atoms with van der Waals surface area (Å²) in [5.41, 5.74) is 6.43. The second-order valence-electron chi connectivity index (χ2n) is 16.0. The van der Waals surface area contributed by atoms with E-state index in [0.717, 1.165) is 56.2 Å². The van der Waals surface area contributed by atoms with Gasteiger partial charge in [0, 0.05) is 43.4 Å². The molecule has 0 aliphatic carbocycles. The van der Waals surface area contributed by atoms with E-state index in [1.165, 1.54) is 44.6 Å². The molecule has 2 aliphatic rings. The van der Waals surface area contributed by atoms with Gasteiger partial charge in [-0.25, -0.2) is 29.3 Å². The van der Waals surface area contributed by atoms with Crippen molar-refractivity contribution in [3.63, 3.8) is 0 Å². The third kappa shape index (κ3) is 9.11. The summed E-state index contributed by atoms with van der Waals surface area (Å²) in [5, 5.41) is -0.306. The van der Waals surface area contributed by atoms with Gasteiger partial charge in [-0.2, -0.15) is 4.90 Å². The Kier molecular flexibility index (Phi) is 12.4. The van der Waals surface area contributed by atoms with E-state index < -0.39 is 29.4 Å². The first-order valence-electron chi connectivity index (χ1n) is 18.3. The van der Waals surface area contributed by atoms with Crippen LogP contribution in [0, 0.1) is 5.41 Å². The highest BCUT2D eigenvalue weighted by atomic mass is 35.5. The number of urea groups is 1. The normalized spacial score (nSPS) is 15.5. The molecule has 2 aromatic carbocycles. The minimum atomic E-state index is -1.09. The Morgan fingerprint density at radius 1 is 0.857 bits per heavy atom. The summed E-state index contributed by atoms with van der Waals surface area (Å²) < 4.78 is 22.2. The summed E-state index contributed by atoms with van der Waals surface area (Å²) in [6.07, 6.45) is 1.64. The van der Waals surface area contributed by atoms with Gasteiger partial charge in [0.2, 0.25) is 0 Å². The molecule has 5 rings (SSSR count). The van der Waals surface area contributed by atoms with Crippen molar-refractivity contribution >= 4 is 75.8 Å². The molecule has 0 unspecified atom stereocenters. The average Bonchev–Trinajstić information content (AvgIpc) is 3.11. The molecule has 3 aromatic rings. The van der Waals surface area contributed by atoms with Crippen LogP contribution in [-0.2, 0) is 9.47 Å². The molecule has 2 aliphatic heterocycles. The zero-order chi connectivity index (χ0) is 41.3. The Bertz CT molecular complexity index is 1920. The second-order valence-corrected chi connectivity index (χ2v) is 16.8. The van der Waals surface area contributed by atoms with Crippen LogP contribution in [-0.4, -0.2) is 98.3 Å². The number of carbonyl (C=O) groups excluding carboxylic acids is 3. The number of nitrogens with zero attached hydrogens (tertiary/aromatic N) is 7. The predicted octanol–water partition coefficient (Wildman–Crippen LogP) is 8.38. The van der Waals surface area contributed by atoms with Crippen molar-refractivity contribution in [2.75, 3.05) is 79.3 Å². The number of anilines is 6. The number of aromatic nitrogens is 2. The van der Waals surface area contributed by atoms with Crippen LogP contribution in [0.15, 0.2) is 36.7 Å². The van der Waals surface area contributed by atoms with Crippen molar-refractivity contribution in [2.24, 2.45) is 5.41 Å². The zero-order valence-corrected chi connectivity index (χ0v) is 35.2. The summed E-state index contributed by atoms with van der Waals surface area (Å²) >= 11 is 13.4. The van der Waals surface area contributed by atoms with E-state index in [2.05, 4.69) is 26.7 Å². The average molecular weight is 816 g/mol. The fraction of sp³-hybridized carbons (Fsp3) is 0.513. The fourth-order valence-corrected chi connectivity index (χ4v) is 7.37. The van der Waals surface area contributed by atoms with Crippen LogP contribution in [0.5, 0.6) is 11.5 Å². The summed E-state index contributed by atoms with van der Waals surface area (Å²) in [6, 6.07) is 7.35. The molecule has 1 aromatic heterocycles. The van der Waals surface area contributed by atoms with Crippen molar-refractivity contribution in [3.05, 3.63) is 46.7 Å². The number of ether oxygens (including phenoxy) is 4. The molecular formula is C39H52Cl2N8O7. The van der Waals surface area contributed by atoms with E-state index in [1.807, 2.05) is 12.1 Å². The smallest absolute Gasteiger partial charge is 0.423 e. The number of imide groups is 1. The molecule has 2 N–H and O–H groups in total. The number of likely N-dealkylation sites (tertiary alicyclic amines) is 1. The van der Waals surface area contributed by atoms with E-state index in [-0.39, 0.29) is 38.9 Å². The summed E-state index contributed by atoms with van der Waals surface area (Å²) in [7, 11) is 4.10. The highest BCUT2D eigenvalue weighted by molar-refractivity contribution is 6.43. The fourth-order valence-electron chi connectivity index (χ4n) is 6.70. The molecule has 0 saturated carbocycles. The Morgan fingerprint density at radius 3 is 1.93 bits per heavy atom. The third-order valence-electron chi connectivity index (χ3n) is 9.65. The molecule has 3 heterocycles. The minimum absolute atomic E-state index is 0.0144. The number of halogens is 2. The second kappa shape index (κ2) is 16.4. The van der Waals surface area contributed by atoms with Crippen LogP contribution in [0.2, 0.25) is 10.0 Å². The monoisotopic (exact) mass is 814 g/mol. The number of amides is 4. The third-order valence-corrected chi connectivity index (χ3v) is 10.4. The SMILES string of the molecule is CCN1CCC2(CC1)CN(c1ccc(N(C(=O)OC(C)(C)C)c3cc(N(C)C(=O)N(C(=O)OC(C)(C)C)c4c(Cl)c(OC)cc(OC)c4Cl)ncn3)c(N)c1)C2. The van der Waals surface area contributed by atoms with Crippen LogP contribution in [0.1, 0.15) is 61.3 Å². The highest BCUT2D eigenvalue weighted by Gasteiger charge is 2.45. The summed E-state index contributed by atoms with van der Waals surface area (Å²) in [6.45, 7) is 17.5. The van der Waals surface area contributed by atoms with E-state index in [1.54, 1.807) is 47.6 Å². The molecule has 1 spiro atoms. The predicted molar refractivity (Wildman–Crippen MR) is 219 cm³/mol. The number of hydrogen-bond acceptors (Lipinski definition) is 12. The van der Waals surface area contributed by atoms with Gasteiger partial charge in [0.05, 0.1) is 25.6 Å². The van der Waals surface area contributed by atoms with Crippen molar-refractivity contribution in [1.29, 1.82) is 0 Å². The van der Waals surface area contributed by atoms with Gasteiger partial charge in [-0.1, -0.05) is 30.1 Å². The quantitative estimate of drug-likeness (QED) is 0.217. The van der Waals surface area contributed by atoms with Crippen molar-refractivity contribution in [2.45, 2.75) is 72.5 Å². The van der Waals surface area contributed by atoms with Gasteiger partial charge in [0.15, 0.2) is 0 Å². The van der Waals surface area contributed by atoms with Crippen LogP contribution >= 0.6 is 23.2 Å². The number of methoxy groups -OCH3 is 2. The number of rotatable bonds is 8. The molecule has 0 bridgehead atoms. The molecular weight excluding hydrogens is 763 g/mol. The molecule has 2 fully saturated rings. The minimum Gasteiger partial charge on any atom is -0.495 e. The zero-order valence-electron chi connectivity index (χ0n) is 33.7. The molecule has 304 valence electrons. The summed E-state index contributed by atoms with van der Waals surface area (Å²) in [4.78, 5) is 58.6. The van der Waals surface area contributed by atoms with Gasteiger partial charge >= 0.3 is 18.2 Å². The Morgan fingerprint density at radius 2 is 1.41 bits per heavy atom. The van der Waals surface area contributed by atoms with Crippen molar-refractivity contribution < 1.29 is 33.3 Å². The van der Waals surface area contributed by atoms with Gasteiger partial charge < -0.3 is 34.5 Å². The first-order valence-corrected chi connectivity index (χ1v) is 19.1. The molecule has 4 amide bonds. The van der Waals surface area contributed by atoms with Gasteiger partial charge in [0.25, 0.3) is 0 Å². The van der Waals surface area contributed by atoms with E-state index in [0.29, 0.717) is 21.7 Å². The van der Waals surface area contributed by atoms with Crippen LogP contribution < -0.4 is 34.8 Å². The molecule has 56 heavy (non-hydrogen) atoms. The molecule has 15 nitrogen and oxygen atoms in total. The van der Waals surface area contributed by atoms with Gasteiger partial charge in [0.1, 0.15) is 56.4 Å². The lowest BCUT2D eigenvalue weighted by Gasteiger charge is -2.55. The van der Waals surface area contributed by atoms with Gasteiger partial charge in [-0.15, -0.1) is 0 Å². The van der Waals surface area contributed by atoms with Gasteiger partial charge in [-0.05, 0) is 92.2 Å². The molecule has 0 atom stereocenters. The standard InChI is InChI=1S/C39H52Cl2N8O7/c1-11-46-16-14-39(15-17-46)21-47(22-39)24-12-13-26(25(42)18-24)48(35(51)55-37(2,3)4)30-20-29(43-23-44-30)45(8)34(50)49(36(52)56-38(5,6)7)33-31(40)27(53-9)19-28(54-10)32(33)41/h12-13,18-20,23H,11,14-17,21-22,42H2,1-10H3. The number of nitrogen functional groups attached to an aromatic ring is 1. The molecule has 0 radical (unpaired) electrons. The maximum atomic E-state index is 14.4. The van der Waals surface area contributed by atoms with E-state index in [4.69, 9.17) is 47.9 Å². The topological polar surface area (TPSA) is 156 Å². The highest BCUT2D eigenvalue weighted by Crippen LogP contribution is 2.47. The Labute approximate surface area is 338 Å². The van der Waals surface area contributed by atoms with Crippen molar-refractivity contribution in [3.8, 4) is 11.5 Å². The van der Waals surface area contributed by atoms with Crippen LogP contribution in [0.3, 0.4) is 0 Å². The maximum Gasteiger partial charge on any atom is 0.423 e. The largest absolute Gasteiger partial charge is 0.495 e. The number of carbonyl (C=O) groups is 3. The number of piperidine rings is 1. The van der Waals surface area contributed by atoms with Crippen molar-refractivity contribution in [1.82, 2.24) is 14.9 Å². The lowest BCUT2D eigenvalue weighted by atomic mass is 9.71. The maximum absolute atomic E-state index is 14.4. The number of benzene rings is 2. The Balaban J connectivity index is 1.51. The van der Waals surface area contributed by atoms with Crippen LogP contribution in [0.25, 0.3) is 0 Å². The lowest BCUT2D eigenvalue weighted by Crippen LogP contribution is -2.60. The molecule has 2 saturated heterocycles. The summed E-state index contributed by atoms with van der Waals surface area (Å²) in [5.74, 6) is 0.189. The Hall–Kier alpha value is -4.73. The first-order chi connectivity index (χ1) is 26.2. The van der Waals surface area contributed by atoms with Crippen LogP contribution in [0.4, 0.5) is 48.8 Å². The van der Waals surface area contributed by atoms with Gasteiger partial charge in [-0.3, -0.25) is 4.90 Å². The number of nitrogens with two attached hydrogens (primary N) is 1. The van der Waals surface area contributed by atoms with E-state index in [9.17, 15) is 14.4 Å². The van der Waals surface area contributed by atoms with E-state index >= 15 is 0 Å².